The van der Waals surface area contributed by atoms with Crippen LogP contribution in [0.4, 0.5) is 10.2 Å². The van der Waals surface area contributed by atoms with E-state index in [0.717, 1.165) is 0 Å². The van der Waals surface area contributed by atoms with Crippen molar-refractivity contribution in [2.75, 3.05) is 5.32 Å². The Balaban J connectivity index is 1.74. The number of pyridine rings is 1. The monoisotopic (exact) mass is 406 g/mol. The van der Waals surface area contributed by atoms with Gasteiger partial charge in [0.25, 0.3) is 5.91 Å². The highest BCUT2D eigenvalue weighted by molar-refractivity contribution is 6.57. The number of aromatic nitrogens is 4. The van der Waals surface area contributed by atoms with Gasteiger partial charge >= 0.3 is 7.12 Å². The average molecular weight is 406 g/mol. The molecule has 11 heteroatoms. The van der Waals surface area contributed by atoms with Gasteiger partial charge in [0.1, 0.15) is 11.6 Å². The molecule has 0 aliphatic heterocycles. The first-order valence-corrected chi connectivity index (χ1v) is 8.92. The molecule has 0 bridgehead atoms. The summed E-state index contributed by atoms with van der Waals surface area (Å²) < 4.78 is 15.0. The Morgan fingerprint density at radius 1 is 1.20 bits per heavy atom. The molecule has 0 saturated carbocycles. The molecule has 0 fully saturated rings. The number of rotatable bonds is 6. The Kier molecular flexibility index (Phi) is 5.13. The van der Waals surface area contributed by atoms with E-state index in [1.807, 2.05) is 0 Å². The van der Waals surface area contributed by atoms with E-state index in [2.05, 4.69) is 20.3 Å². The first-order chi connectivity index (χ1) is 14.4. The Labute approximate surface area is 170 Å². The Morgan fingerprint density at radius 2 is 2.03 bits per heavy atom. The van der Waals surface area contributed by atoms with Crippen LogP contribution in [0.5, 0.6) is 0 Å². The second kappa shape index (κ2) is 7.89. The van der Waals surface area contributed by atoms with Crippen LogP contribution in [-0.2, 0) is 6.54 Å². The standard InChI is InChI=1S/C19H16BFN6O3/c21-12-4-1-3-11(7-12)9-23-16-8-15(20(29)30)25-18(26-16)19-24-10-14-13(17(22)28)5-2-6-27(14)19/h1-8,10,29-30H,9H2,(H2,22,28)(H,23,25,26). The number of imidazole rings is 1. The maximum atomic E-state index is 13.4. The molecule has 0 unspecified atom stereocenters. The molecule has 0 atom stereocenters. The number of amides is 1. The minimum absolute atomic E-state index is 0.0513. The fourth-order valence-electron chi connectivity index (χ4n) is 3.02. The van der Waals surface area contributed by atoms with Gasteiger partial charge in [-0.05, 0) is 35.9 Å². The molecule has 4 aromatic rings. The Morgan fingerprint density at radius 3 is 2.77 bits per heavy atom. The van der Waals surface area contributed by atoms with Gasteiger partial charge < -0.3 is 21.1 Å². The van der Waals surface area contributed by atoms with Crippen LogP contribution in [0.2, 0.25) is 0 Å². The largest absolute Gasteiger partial charge is 0.508 e. The zero-order chi connectivity index (χ0) is 21.3. The molecular weight excluding hydrogens is 390 g/mol. The van der Waals surface area contributed by atoms with E-state index in [0.29, 0.717) is 11.1 Å². The number of hydrogen-bond acceptors (Lipinski definition) is 7. The van der Waals surface area contributed by atoms with Gasteiger partial charge in [0, 0.05) is 12.7 Å². The molecule has 9 nitrogen and oxygen atoms in total. The smallest absolute Gasteiger partial charge is 0.422 e. The summed E-state index contributed by atoms with van der Waals surface area (Å²) in [5.74, 6) is -0.299. The van der Waals surface area contributed by atoms with E-state index in [-0.39, 0.29) is 41.0 Å². The fraction of sp³-hybridized carbons (Fsp3) is 0.0526. The summed E-state index contributed by atoms with van der Waals surface area (Å²) in [6, 6.07) is 10.6. The van der Waals surface area contributed by atoms with Crippen molar-refractivity contribution in [3.63, 3.8) is 0 Å². The Hall–Kier alpha value is -3.83. The van der Waals surface area contributed by atoms with Gasteiger partial charge in [-0.1, -0.05) is 12.1 Å². The van der Waals surface area contributed by atoms with Crippen molar-refractivity contribution in [3.8, 4) is 11.6 Å². The van der Waals surface area contributed by atoms with E-state index in [1.165, 1.54) is 24.4 Å². The van der Waals surface area contributed by atoms with Crippen molar-refractivity contribution < 1.29 is 19.2 Å². The maximum absolute atomic E-state index is 13.4. The molecule has 3 heterocycles. The number of nitrogens with two attached hydrogens (primary N) is 1. The topological polar surface area (TPSA) is 139 Å². The Bertz CT molecular complexity index is 1250. The van der Waals surface area contributed by atoms with Crippen molar-refractivity contribution in [1.29, 1.82) is 0 Å². The lowest BCUT2D eigenvalue weighted by Crippen LogP contribution is -2.33. The molecule has 1 aromatic carbocycles. The number of nitrogens with one attached hydrogen (secondary N) is 1. The second-order valence-corrected chi connectivity index (χ2v) is 6.48. The van der Waals surface area contributed by atoms with Crippen LogP contribution >= 0.6 is 0 Å². The molecule has 150 valence electrons. The summed E-state index contributed by atoms with van der Waals surface area (Å²) >= 11 is 0. The van der Waals surface area contributed by atoms with Crippen LogP contribution in [0.15, 0.2) is 54.9 Å². The van der Waals surface area contributed by atoms with Crippen molar-refractivity contribution in [2.45, 2.75) is 6.54 Å². The number of nitrogens with zero attached hydrogens (tertiary/aromatic N) is 4. The lowest BCUT2D eigenvalue weighted by atomic mass is 9.86. The third kappa shape index (κ3) is 3.84. The van der Waals surface area contributed by atoms with Crippen LogP contribution in [-0.4, -0.2) is 42.4 Å². The van der Waals surface area contributed by atoms with Crippen LogP contribution in [0.1, 0.15) is 15.9 Å². The molecule has 0 radical (unpaired) electrons. The summed E-state index contributed by atoms with van der Waals surface area (Å²) in [7, 11) is -1.84. The molecular formula is C19H16BFN6O3. The number of primary amides is 1. The van der Waals surface area contributed by atoms with Crippen molar-refractivity contribution in [1.82, 2.24) is 19.4 Å². The molecule has 0 aliphatic rings. The molecule has 4 rings (SSSR count). The lowest BCUT2D eigenvalue weighted by molar-refractivity contribution is 0.100. The molecule has 30 heavy (non-hydrogen) atoms. The van der Waals surface area contributed by atoms with Crippen LogP contribution < -0.4 is 16.6 Å². The van der Waals surface area contributed by atoms with E-state index in [4.69, 9.17) is 5.73 Å². The number of carbonyl (C=O) groups excluding carboxylic acids is 1. The van der Waals surface area contributed by atoms with Crippen molar-refractivity contribution >= 4 is 30.0 Å². The van der Waals surface area contributed by atoms with E-state index < -0.39 is 13.0 Å². The zero-order valence-corrected chi connectivity index (χ0v) is 15.5. The molecule has 0 spiro atoms. The zero-order valence-electron chi connectivity index (χ0n) is 15.5. The van der Waals surface area contributed by atoms with Crippen molar-refractivity contribution in [3.05, 3.63) is 71.8 Å². The van der Waals surface area contributed by atoms with Crippen LogP contribution in [0.3, 0.4) is 0 Å². The van der Waals surface area contributed by atoms with E-state index in [1.54, 1.807) is 34.9 Å². The van der Waals surface area contributed by atoms with Crippen LogP contribution in [0, 0.1) is 5.82 Å². The molecule has 0 saturated heterocycles. The molecule has 5 N–H and O–H groups in total. The lowest BCUT2D eigenvalue weighted by Gasteiger charge is -2.10. The van der Waals surface area contributed by atoms with Gasteiger partial charge in [0.05, 0.1) is 22.9 Å². The summed E-state index contributed by atoms with van der Waals surface area (Å²) in [5, 5.41) is 22.3. The summed E-state index contributed by atoms with van der Waals surface area (Å²) in [6.07, 6.45) is 3.12. The number of halogens is 1. The van der Waals surface area contributed by atoms with E-state index in [9.17, 15) is 19.2 Å². The van der Waals surface area contributed by atoms with Crippen LogP contribution in [0.25, 0.3) is 17.2 Å². The quantitative estimate of drug-likeness (QED) is 0.338. The van der Waals surface area contributed by atoms with Crippen molar-refractivity contribution in [2.24, 2.45) is 5.73 Å². The van der Waals surface area contributed by atoms with Gasteiger partial charge in [-0.25, -0.2) is 19.3 Å². The maximum Gasteiger partial charge on any atom is 0.508 e. The first-order valence-electron chi connectivity index (χ1n) is 8.92. The number of benzene rings is 1. The normalized spacial score (nSPS) is 10.9. The van der Waals surface area contributed by atoms with Gasteiger partial charge in [0.15, 0.2) is 11.6 Å². The van der Waals surface area contributed by atoms with Gasteiger partial charge in [-0.2, -0.15) is 0 Å². The third-order valence-corrected chi connectivity index (χ3v) is 4.41. The highest BCUT2D eigenvalue weighted by Gasteiger charge is 2.20. The fourth-order valence-corrected chi connectivity index (χ4v) is 3.02. The SMILES string of the molecule is NC(=O)c1cccn2c(-c3nc(NCc4cccc(F)c4)cc(B(O)O)n3)ncc12. The summed E-state index contributed by atoms with van der Waals surface area (Å²) in [4.78, 5) is 24.5. The number of hydrogen-bond donors (Lipinski definition) is 4. The summed E-state index contributed by atoms with van der Waals surface area (Å²) in [6.45, 7) is 0.253. The van der Waals surface area contributed by atoms with Gasteiger partial charge in [-0.15, -0.1) is 0 Å². The minimum Gasteiger partial charge on any atom is -0.422 e. The van der Waals surface area contributed by atoms with Gasteiger partial charge in [0.2, 0.25) is 0 Å². The highest BCUT2D eigenvalue weighted by atomic mass is 19.1. The molecule has 1 amide bonds. The highest BCUT2D eigenvalue weighted by Crippen LogP contribution is 2.20. The van der Waals surface area contributed by atoms with Gasteiger partial charge in [-0.3, -0.25) is 9.20 Å². The predicted molar refractivity (Wildman–Crippen MR) is 108 cm³/mol. The predicted octanol–water partition coefficient (Wildman–Crippen LogP) is 0.321. The second-order valence-electron chi connectivity index (χ2n) is 6.48. The first kappa shape index (κ1) is 19.5. The third-order valence-electron chi connectivity index (χ3n) is 4.41. The number of anilines is 1. The number of carbonyl (C=O) groups is 1. The van der Waals surface area contributed by atoms with E-state index >= 15 is 0 Å². The number of fused-ring (bicyclic) bond motifs is 1. The summed E-state index contributed by atoms with van der Waals surface area (Å²) in [5.41, 5.74) is 6.78. The molecule has 0 aliphatic carbocycles. The molecule has 3 aromatic heterocycles. The average Bonchev–Trinajstić information content (AvgIpc) is 3.16. The minimum atomic E-state index is -1.84.